The Morgan fingerprint density at radius 3 is 2.46 bits per heavy atom. The number of nitrogens with one attached hydrogen (secondary N) is 2. The van der Waals surface area contributed by atoms with E-state index in [1.165, 1.54) is 6.92 Å². The Hall–Kier alpha value is -3.06. The number of carbonyl (C=O) groups is 3. The fourth-order valence-corrected chi connectivity index (χ4v) is 3.25. The Morgan fingerprint density at radius 1 is 1.14 bits per heavy atom. The van der Waals surface area contributed by atoms with Gasteiger partial charge in [0.1, 0.15) is 5.75 Å². The van der Waals surface area contributed by atoms with Crippen LogP contribution in [0.25, 0.3) is 0 Å². The number of halogens is 1. The number of ether oxygens (including phenoxy) is 1. The van der Waals surface area contributed by atoms with Crippen LogP contribution in [0.5, 0.6) is 5.75 Å². The van der Waals surface area contributed by atoms with Crippen LogP contribution in [-0.2, 0) is 14.4 Å². The fraction of sp³-hybridized carbons (Fsp3) is 0.250. The topological polar surface area (TPSA) is 87.7 Å². The zero-order chi connectivity index (χ0) is 20.3. The van der Waals surface area contributed by atoms with E-state index in [1.807, 2.05) is 0 Å². The number of nitrogens with zero attached hydrogens (tertiary/aromatic N) is 1. The molecule has 7 nitrogen and oxygen atoms in total. The molecule has 0 aliphatic carbocycles. The van der Waals surface area contributed by atoms with Crippen molar-refractivity contribution in [2.24, 2.45) is 5.92 Å². The Kier molecular flexibility index (Phi) is 5.84. The van der Waals surface area contributed by atoms with Gasteiger partial charge in [-0.2, -0.15) is 0 Å². The molecule has 1 aliphatic rings. The molecule has 3 rings (SSSR count). The van der Waals surface area contributed by atoms with Gasteiger partial charge in [0.2, 0.25) is 17.7 Å². The van der Waals surface area contributed by atoms with Gasteiger partial charge in [-0.15, -0.1) is 0 Å². The second kappa shape index (κ2) is 8.31. The third-order valence-corrected chi connectivity index (χ3v) is 4.74. The molecule has 1 atom stereocenters. The highest BCUT2D eigenvalue weighted by atomic mass is 35.5. The minimum atomic E-state index is -0.485. The maximum absolute atomic E-state index is 12.6. The van der Waals surface area contributed by atoms with Crippen molar-refractivity contribution in [2.45, 2.75) is 13.3 Å². The highest BCUT2D eigenvalue weighted by molar-refractivity contribution is 6.34. The SMILES string of the molecule is COc1ccc(N2CC(C(=O)Nc3ccc(NC(C)=O)cc3Cl)CC2=O)cc1. The van der Waals surface area contributed by atoms with E-state index in [0.717, 1.165) is 5.69 Å². The molecule has 3 amide bonds. The van der Waals surface area contributed by atoms with Crippen molar-refractivity contribution in [1.29, 1.82) is 0 Å². The number of carbonyl (C=O) groups excluding carboxylic acids is 3. The van der Waals surface area contributed by atoms with E-state index >= 15 is 0 Å². The molecule has 1 fully saturated rings. The molecule has 0 saturated carbocycles. The number of methoxy groups -OCH3 is 1. The first kappa shape index (κ1) is 19.7. The quantitative estimate of drug-likeness (QED) is 0.804. The summed E-state index contributed by atoms with van der Waals surface area (Å²) in [6.45, 7) is 1.69. The predicted octanol–water partition coefficient (Wildman–Crippen LogP) is 3.30. The lowest BCUT2D eigenvalue weighted by molar-refractivity contribution is -0.122. The maximum Gasteiger partial charge on any atom is 0.229 e. The van der Waals surface area contributed by atoms with Gasteiger partial charge in [0.15, 0.2) is 0 Å². The molecule has 146 valence electrons. The number of amides is 3. The van der Waals surface area contributed by atoms with Gasteiger partial charge in [0.25, 0.3) is 0 Å². The van der Waals surface area contributed by atoms with Crippen LogP contribution >= 0.6 is 11.6 Å². The maximum atomic E-state index is 12.6. The van der Waals surface area contributed by atoms with Crippen molar-refractivity contribution in [2.75, 3.05) is 29.2 Å². The summed E-state index contributed by atoms with van der Waals surface area (Å²) in [4.78, 5) is 37.7. The first-order chi connectivity index (χ1) is 13.4. The summed E-state index contributed by atoms with van der Waals surface area (Å²) in [5, 5.41) is 5.69. The summed E-state index contributed by atoms with van der Waals surface area (Å²) >= 11 is 6.19. The van der Waals surface area contributed by atoms with Crippen LogP contribution in [0.3, 0.4) is 0 Å². The summed E-state index contributed by atoms with van der Waals surface area (Å²) in [5.41, 5.74) is 1.69. The number of hydrogen-bond acceptors (Lipinski definition) is 4. The number of rotatable bonds is 5. The zero-order valence-electron chi connectivity index (χ0n) is 15.5. The Bertz CT molecular complexity index is 914. The molecule has 0 bridgehead atoms. The smallest absolute Gasteiger partial charge is 0.229 e. The molecule has 2 aromatic rings. The summed E-state index contributed by atoms with van der Waals surface area (Å²) < 4.78 is 5.12. The van der Waals surface area contributed by atoms with Crippen molar-refractivity contribution >= 4 is 46.4 Å². The Balaban J connectivity index is 1.66. The van der Waals surface area contributed by atoms with Crippen LogP contribution in [0.2, 0.25) is 5.02 Å². The van der Waals surface area contributed by atoms with Gasteiger partial charge >= 0.3 is 0 Å². The Labute approximate surface area is 167 Å². The predicted molar refractivity (Wildman–Crippen MR) is 108 cm³/mol. The number of hydrogen-bond donors (Lipinski definition) is 2. The van der Waals surface area contributed by atoms with Gasteiger partial charge in [0.05, 0.1) is 23.7 Å². The number of anilines is 3. The lowest BCUT2D eigenvalue weighted by Gasteiger charge is -2.17. The molecule has 0 spiro atoms. The monoisotopic (exact) mass is 401 g/mol. The highest BCUT2D eigenvalue weighted by Crippen LogP contribution is 2.30. The second-order valence-electron chi connectivity index (χ2n) is 6.47. The second-order valence-corrected chi connectivity index (χ2v) is 6.88. The molecule has 28 heavy (non-hydrogen) atoms. The molecule has 1 aliphatic heterocycles. The van der Waals surface area contributed by atoms with Gasteiger partial charge in [-0.3, -0.25) is 14.4 Å². The molecule has 2 aromatic carbocycles. The van der Waals surface area contributed by atoms with E-state index in [0.29, 0.717) is 28.7 Å². The minimum Gasteiger partial charge on any atom is -0.497 e. The summed E-state index contributed by atoms with van der Waals surface area (Å²) in [6, 6.07) is 11.9. The third-order valence-electron chi connectivity index (χ3n) is 4.43. The van der Waals surface area contributed by atoms with Gasteiger partial charge in [0, 0.05) is 31.3 Å². The standard InChI is InChI=1S/C20H20ClN3O4/c1-12(25)22-14-3-8-18(17(21)10-14)23-20(27)13-9-19(26)24(11-13)15-4-6-16(28-2)7-5-15/h3-8,10,13H,9,11H2,1-2H3,(H,22,25)(H,23,27). The van der Waals surface area contributed by atoms with Crippen LogP contribution in [0, 0.1) is 5.92 Å². The van der Waals surface area contributed by atoms with Gasteiger partial charge in [-0.25, -0.2) is 0 Å². The lowest BCUT2D eigenvalue weighted by atomic mass is 10.1. The fourth-order valence-electron chi connectivity index (χ4n) is 3.03. The molecule has 1 unspecified atom stereocenters. The molecule has 1 heterocycles. The van der Waals surface area contributed by atoms with Crippen LogP contribution in [0.4, 0.5) is 17.1 Å². The summed E-state index contributed by atoms with van der Waals surface area (Å²) in [6.07, 6.45) is 0.124. The van der Waals surface area contributed by atoms with Crippen molar-refractivity contribution in [3.05, 3.63) is 47.5 Å². The van der Waals surface area contributed by atoms with Crippen molar-refractivity contribution in [3.8, 4) is 5.75 Å². The summed E-state index contributed by atoms with van der Waals surface area (Å²) in [7, 11) is 1.57. The zero-order valence-corrected chi connectivity index (χ0v) is 16.2. The van der Waals surface area contributed by atoms with E-state index in [1.54, 1.807) is 54.5 Å². The van der Waals surface area contributed by atoms with E-state index in [-0.39, 0.29) is 24.1 Å². The molecule has 0 radical (unpaired) electrons. The first-order valence-electron chi connectivity index (χ1n) is 8.70. The molecular formula is C20H20ClN3O4. The first-order valence-corrected chi connectivity index (χ1v) is 9.07. The minimum absolute atomic E-state index is 0.114. The van der Waals surface area contributed by atoms with E-state index in [4.69, 9.17) is 16.3 Å². The average molecular weight is 402 g/mol. The lowest BCUT2D eigenvalue weighted by Crippen LogP contribution is -2.28. The normalized spacial score (nSPS) is 16.0. The van der Waals surface area contributed by atoms with Crippen LogP contribution in [0.15, 0.2) is 42.5 Å². The third kappa shape index (κ3) is 4.43. The summed E-state index contributed by atoms with van der Waals surface area (Å²) in [5.74, 6) is -0.394. The largest absolute Gasteiger partial charge is 0.497 e. The van der Waals surface area contributed by atoms with Gasteiger partial charge in [-0.1, -0.05) is 11.6 Å². The number of benzene rings is 2. The molecule has 1 saturated heterocycles. The van der Waals surface area contributed by atoms with E-state index in [2.05, 4.69) is 10.6 Å². The molecular weight excluding hydrogens is 382 g/mol. The van der Waals surface area contributed by atoms with Gasteiger partial charge in [-0.05, 0) is 42.5 Å². The van der Waals surface area contributed by atoms with E-state index in [9.17, 15) is 14.4 Å². The molecule has 0 aromatic heterocycles. The molecule has 2 N–H and O–H groups in total. The van der Waals surface area contributed by atoms with Crippen molar-refractivity contribution in [1.82, 2.24) is 0 Å². The molecule has 8 heteroatoms. The van der Waals surface area contributed by atoms with Crippen LogP contribution < -0.4 is 20.3 Å². The highest BCUT2D eigenvalue weighted by Gasteiger charge is 2.35. The van der Waals surface area contributed by atoms with E-state index < -0.39 is 5.92 Å². The Morgan fingerprint density at radius 2 is 1.86 bits per heavy atom. The van der Waals surface area contributed by atoms with Crippen molar-refractivity contribution in [3.63, 3.8) is 0 Å². The van der Waals surface area contributed by atoms with Gasteiger partial charge < -0.3 is 20.3 Å². The van der Waals surface area contributed by atoms with Crippen LogP contribution in [0.1, 0.15) is 13.3 Å². The van der Waals surface area contributed by atoms with Crippen molar-refractivity contribution < 1.29 is 19.1 Å². The van der Waals surface area contributed by atoms with Crippen LogP contribution in [-0.4, -0.2) is 31.4 Å². The average Bonchev–Trinajstić information content (AvgIpc) is 3.05.